The first-order chi connectivity index (χ1) is 8.79. The molecule has 0 atom stereocenters. The first kappa shape index (κ1) is 13.1. The number of ether oxygens (including phenoxy) is 1. The molecule has 0 aliphatic heterocycles. The van der Waals surface area contributed by atoms with Crippen LogP contribution >= 0.6 is 11.3 Å². The second kappa shape index (κ2) is 6.52. The first-order valence-corrected chi connectivity index (χ1v) is 6.94. The van der Waals surface area contributed by atoms with Gasteiger partial charge in [-0.3, -0.25) is 0 Å². The summed E-state index contributed by atoms with van der Waals surface area (Å²) in [5.74, 6) is 0.963. The number of hydrogen-bond donors (Lipinski definition) is 1. The quantitative estimate of drug-likeness (QED) is 0.869. The third-order valence-corrected chi connectivity index (χ3v) is 3.58. The van der Waals surface area contributed by atoms with Gasteiger partial charge in [0.25, 0.3) is 0 Å². The fraction of sp³-hybridized carbons (Fsp3) is 0.357. The summed E-state index contributed by atoms with van der Waals surface area (Å²) in [6.07, 6.45) is 0.864. The number of aromatic nitrogens is 1. The molecule has 0 saturated heterocycles. The molecule has 0 spiro atoms. The number of benzene rings is 1. The predicted octanol–water partition coefficient (Wildman–Crippen LogP) is 2.79. The Labute approximate surface area is 112 Å². The SMILES string of the molecule is CNCc1csc(CCOc2ccccc2C)n1. The van der Waals surface area contributed by atoms with Gasteiger partial charge in [0.05, 0.1) is 17.3 Å². The average Bonchev–Trinajstić information content (AvgIpc) is 2.80. The molecule has 4 heteroatoms. The Kier molecular flexibility index (Phi) is 4.73. The molecule has 0 aliphatic carbocycles. The van der Waals surface area contributed by atoms with Crippen LogP contribution in [0.1, 0.15) is 16.3 Å². The lowest BCUT2D eigenvalue weighted by molar-refractivity contribution is 0.319. The molecule has 0 aliphatic rings. The van der Waals surface area contributed by atoms with Gasteiger partial charge in [0.2, 0.25) is 0 Å². The van der Waals surface area contributed by atoms with Crippen LogP contribution < -0.4 is 10.1 Å². The monoisotopic (exact) mass is 262 g/mol. The fourth-order valence-electron chi connectivity index (χ4n) is 1.69. The number of rotatable bonds is 6. The first-order valence-electron chi connectivity index (χ1n) is 6.06. The van der Waals surface area contributed by atoms with Gasteiger partial charge in [-0.25, -0.2) is 4.98 Å². The van der Waals surface area contributed by atoms with Crippen molar-refractivity contribution in [1.29, 1.82) is 0 Å². The lowest BCUT2D eigenvalue weighted by Crippen LogP contribution is -2.06. The summed E-state index contributed by atoms with van der Waals surface area (Å²) in [4.78, 5) is 4.53. The summed E-state index contributed by atoms with van der Waals surface area (Å²) in [5.41, 5.74) is 2.28. The molecule has 0 radical (unpaired) electrons. The molecule has 3 nitrogen and oxygen atoms in total. The van der Waals surface area contributed by atoms with E-state index in [2.05, 4.69) is 28.7 Å². The van der Waals surface area contributed by atoms with Gasteiger partial charge in [-0.05, 0) is 25.6 Å². The van der Waals surface area contributed by atoms with Crippen LogP contribution in [0.4, 0.5) is 0 Å². The molecule has 0 bridgehead atoms. The highest BCUT2D eigenvalue weighted by atomic mass is 32.1. The topological polar surface area (TPSA) is 34.1 Å². The van der Waals surface area contributed by atoms with Gasteiger partial charge in [-0.2, -0.15) is 0 Å². The molecule has 96 valence electrons. The van der Waals surface area contributed by atoms with Crippen LogP contribution in [0.5, 0.6) is 5.75 Å². The Bertz CT molecular complexity index is 496. The Morgan fingerprint density at radius 2 is 2.17 bits per heavy atom. The third-order valence-electron chi connectivity index (χ3n) is 2.62. The molecule has 2 rings (SSSR count). The van der Waals surface area contributed by atoms with E-state index in [-0.39, 0.29) is 0 Å². The molecule has 1 heterocycles. The lowest BCUT2D eigenvalue weighted by Gasteiger charge is -2.07. The summed E-state index contributed by atoms with van der Waals surface area (Å²) in [5, 5.41) is 6.33. The Balaban J connectivity index is 1.83. The van der Waals surface area contributed by atoms with Gasteiger partial charge in [0, 0.05) is 18.3 Å². The van der Waals surface area contributed by atoms with E-state index in [1.165, 1.54) is 5.56 Å². The normalized spacial score (nSPS) is 10.6. The van der Waals surface area contributed by atoms with Crippen LogP contribution in [0.15, 0.2) is 29.6 Å². The molecular formula is C14H18N2OS. The second-order valence-electron chi connectivity index (χ2n) is 4.13. The van der Waals surface area contributed by atoms with Gasteiger partial charge in [-0.15, -0.1) is 11.3 Å². The smallest absolute Gasteiger partial charge is 0.122 e. The van der Waals surface area contributed by atoms with Crippen LogP contribution in [0, 0.1) is 6.92 Å². The molecule has 0 fully saturated rings. The van der Waals surface area contributed by atoms with Gasteiger partial charge >= 0.3 is 0 Å². The Hall–Kier alpha value is -1.39. The number of para-hydroxylation sites is 1. The lowest BCUT2D eigenvalue weighted by atomic mass is 10.2. The summed E-state index contributed by atoms with van der Waals surface area (Å²) in [6, 6.07) is 8.08. The van der Waals surface area contributed by atoms with Crippen molar-refractivity contribution in [2.75, 3.05) is 13.7 Å². The van der Waals surface area contributed by atoms with Crippen molar-refractivity contribution in [3.05, 3.63) is 45.9 Å². The summed E-state index contributed by atoms with van der Waals surface area (Å²) in [6.45, 7) is 3.57. The highest BCUT2D eigenvalue weighted by Gasteiger charge is 2.02. The number of thiazole rings is 1. The van der Waals surface area contributed by atoms with Crippen LogP contribution in [0.2, 0.25) is 0 Å². The third kappa shape index (κ3) is 3.55. The second-order valence-corrected chi connectivity index (χ2v) is 5.07. The number of hydrogen-bond acceptors (Lipinski definition) is 4. The van der Waals surface area contributed by atoms with Gasteiger partial charge in [-0.1, -0.05) is 18.2 Å². The van der Waals surface area contributed by atoms with E-state index in [0.29, 0.717) is 6.61 Å². The van der Waals surface area contributed by atoms with E-state index in [1.54, 1.807) is 11.3 Å². The molecule has 0 saturated carbocycles. The van der Waals surface area contributed by atoms with Crippen LogP contribution in [0.3, 0.4) is 0 Å². The highest BCUT2D eigenvalue weighted by Crippen LogP contribution is 2.17. The van der Waals surface area contributed by atoms with Crippen molar-refractivity contribution in [3.63, 3.8) is 0 Å². The maximum Gasteiger partial charge on any atom is 0.122 e. The van der Waals surface area contributed by atoms with Gasteiger partial charge < -0.3 is 10.1 Å². The van der Waals surface area contributed by atoms with Crippen molar-refractivity contribution in [2.45, 2.75) is 19.9 Å². The van der Waals surface area contributed by atoms with Crippen molar-refractivity contribution in [3.8, 4) is 5.75 Å². The number of nitrogens with zero attached hydrogens (tertiary/aromatic N) is 1. The van der Waals surface area contributed by atoms with Crippen molar-refractivity contribution < 1.29 is 4.74 Å². The zero-order valence-corrected chi connectivity index (χ0v) is 11.6. The molecule has 1 aromatic carbocycles. The van der Waals surface area contributed by atoms with E-state index >= 15 is 0 Å². The maximum absolute atomic E-state index is 5.76. The molecule has 18 heavy (non-hydrogen) atoms. The minimum Gasteiger partial charge on any atom is -0.493 e. The summed E-state index contributed by atoms with van der Waals surface area (Å²) < 4.78 is 5.76. The van der Waals surface area contributed by atoms with E-state index in [4.69, 9.17) is 4.74 Å². The minimum atomic E-state index is 0.678. The molecule has 0 amide bonds. The summed E-state index contributed by atoms with van der Waals surface area (Å²) in [7, 11) is 1.93. The molecule has 2 aromatic rings. The molecule has 1 aromatic heterocycles. The molecule has 0 unspecified atom stereocenters. The van der Waals surface area contributed by atoms with Crippen molar-refractivity contribution >= 4 is 11.3 Å². The van der Waals surface area contributed by atoms with Crippen LogP contribution in [-0.2, 0) is 13.0 Å². The van der Waals surface area contributed by atoms with Gasteiger partial charge in [0.1, 0.15) is 5.75 Å². The standard InChI is InChI=1S/C14H18N2OS/c1-11-5-3-4-6-13(11)17-8-7-14-16-12(9-15-2)10-18-14/h3-6,10,15H,7-9H2,1-2H3. The largest absolute Gasteiger partial charge is 0.493 e. The van der Waals surface area contributed by atoms with E-state index in [9.17, 15) is 0 Å². The average molecular weight is 262 g/mol. The maximum atomic E-state index is 5.76. The zero-order valence-electron chi connectivity index (χ0n) is 10.8. The Morgan fingerprint density at radius 1 is 1.33 bits per heavy atom. The zero-order chi connectivity index (χ0) is 12.8. The number of nitrogens with one attached hydrogen (secondary N) is 1. The fourth-order valence-corrected chi connectivity index (χ4v) is 2.47. The number of aryl methyl sites for hydroxylation is 1. The van der Waals surface area contributed by atoms with Crippen molar-refractivity contribution in [1.82, 2.24) is 10.3 Å². The van der Waals surface area contributed by atoms with Gasteiger partial charge in [0.15, 0.2) is 0 Å². The predicted molar refractivity (Wildman–Crippen MR) is 75.3 cm³/mol. The van der Waals surface area contributed by atoms with E-state index in [0.717, 1.165) is 29.4 Å². The molecular weight excluding hydrogens is 244 g/mol. The highest BCUT2D eigenvalue weighted by molar-refractivity contribution is 7.09. The molecule has 1 N–H and O–H groups in total. The minimum absolute atomic E-state index is 0.678. The summed E-state index contributed by atoms with van der Waals surface area (Å²) >= 11 is 1.70. The van der Waals surface area contributed by atoms with Crippen LogP contribution in [-0.4, -0.2) is 18.6 Å². The van der Waals surface area contributed by atoms with E-state index < -0.39 is 0 Å². The Morgan fingerprint density at radius 3 is 2.94 bits per heavy atom. The van der Waals surface area contributed by atoms with E-state index in [1.807, 2.05) is 25.2 Å². The van der Waals surface area contributed by atoms with Crippen molar-refractivity contribution in [2.24, 2.45) is 0 Å². The van der Waals surface area contributed by atoms with Crippen LogP contribution in [0.25, 0.3) is 0 Å².